The molecule has 2 aromatic heterocycles. The normalized spacial score (nSPS) is 26.0. The first-order valence-electron chi connectivity index (χ1n) is 12.6. The van der Waals surface area contributed by atoms with Crippen LogP contribution in [0.2, 0.25) is 0 Å². The van der Waals surface area contributed by atoms with Gasteiger partial charge in [-0.1, -0.05) is 13.3 Å². The third-order valence-electron chi connectivity index (χ3n) is 7.35. The second-order valence-corrected chi connectivity index (χ2v) is 11.0. The molecule has 3 aliphatic rings. The van der Waals surface area contributed by atoms with Gasteiger partial charge >= 0.3 is 0 Å². The van der Waals surface area contributed by atoms with Crippen LogP contribution in [-0.4, -0.2) is 54.4 Å². The highest BCUT2D eigenvalue weighted by molar-refractivity contribution is 5.97. The summed E-state index contributed by atoms with van der Waals surface area (Å²) in [5, 5.41) is 18.1. The molecule has 194 valence electrons. The quantitative estimate of drug-likeness (QED) is 0.545. The maximum Gasteiger partial charge on any atom is 0.257 e. The van der Waals surface area contributed by atoms with Crippen LogP contribution in [0.5, 0.6) is 0 Å². The van der Waals surface area contributed by atoms with Crippen molar-refractivity contribution >= 4 is 23.9 Å². The Bertz CT molecular complexity index is 1140. The molecule has 10 nitrogen and oxygen atoms in total. The lowest BCUT2D eigenvalue weighted by Crippen LogP contribution is -2.63. The highest BCUT2D eigenvalue weighted by Gasteiger charge is 2.50. The van der Waals surface area contributed by atoms with E-state index in [-0.39, 0.29) is 29.3 Å². The van der Waals surface area contributed by atoms with Crippen LogP contribution < -0.4 is 16.0 Å². The first kappa shape index (κ1) is 25.7. The molecule has 3 amide bonds. The van der Waals surface area contributed by atoms with Crippen LogP contribution in [0.3, 0.4) is 0 Å². The lowest BCUT2D eigenvalue weighted by atomic mass is 9.59. The topological polar surface area (TPSA) is 123 Å². The van der Waals surface area contributed by atoms with Crippen molar-refractivity contribution in [3.05, 3.63) is 36.3 Å². The molecule has 3 saturated carbocycles. The second kappa shape index (κ2) is 9.91. The van der Waals surface area contributed by atoms with E-state index in [1.54, 1.807) is 47.1 Å². The monoisotopic (exact) mass is 495 g/mol. The van der Waals surface area contributed by atoms with Gasteiger partial charge in [-0.3, -0.25) is 14.4 Å². The van der Waals surface area contributed by atoms with Crippen molar-refractivity contribution in [2.75, 3.05) is 0 Å². The highest BCUT2D eigenvalue weighted by atomic mass is 16.2. The summed E-state index contributed by atoms with van der Waals surface area (Å²) in [6.45, 7) is 9.00. The number of carbonyl (C=O) groups is 3. The van der Waals surface area contributed by atoms with Gasteiger partial charge < -0.3 is 16.0 Å². The third-order valence-corrected chi connectivity index (χ3v) is 7.35. The van der Waals surface area contributed by atoms with Gasteiger partial charge in [-0.05, 0) is 63.5 Å². The molecule has 0 spiro atoms. The number of rotatable bonds is 7. The van der Waals surface area contributed by atoms with E-state index in [4.69, 9.17) is 0 Å². The minimum atomic E-state index is -0.597. The Morgan fingerprint density at radius 1 is 1.17 bits per heavy atom. The Kier molecular flexibility index (Phi) is 7.06. The van der Waals surface area contributed by atoms with Crippen LogP contribution in [0.4, 0.5) is 0 Å². The molecule has 0 aromatic carbocycles. The van der Waals surface area contributed by atoms with Crippen molar-refractivity contribution in [2.24, 2.45) is 11.8 Å². The summed E-state index contributed by atoms with van der Waals surface area (Å²) < 4.78 is 3.21. The van der Waals surface area contributed by atoms with Crippen molar-refractivity contribution in [2.45, 2.75) is 83.8 Å². The van der Waals surface area contributed by atoms with E-state index in [2.05, 4.69) is 33.1 Å². The molecule has 3 N–H and O–H groups in total. The Labute approximate surface area is 211 Å². The van der Waals surface area contributed by atoms with Gasteiger partial charge in [0, 0.05) is 44.0 Å². The van der Waals surface area contributed by atoms with Crippen LogP contribution in [0.1, 0.15) is 77.1 Å². The minimum Gasteiger partial charge on any atom is -0.351 e. The van der Waals surface area contributed by atoms with E-state index in [9.17, 15) is 14.4 Å². The molecule has 2 atom stereocenters. The standard InChI is InChI=1S/C26H37N7O3/c1-17-8-6-9-26(31-19(3)35)14-20(15-26)22(17)29-23(36)21-16-28-33(24(21)32-12-7-11-27-32)13-10-25(4,5)30-18(2)34/h7,10-13,16-17,20,22H,6,8-9,14-15H2,1-5H3,(H,29,36)(H,30,34)(H,31,35)/b13-10+/t17?,20?,22-,26?/m1/s1. The molecule has 0 aliphatic heterocycles. The largest absolute Gasteiger partial charge is 0.351 e. The van der Waals surface area contributed by atoms with E-state index in [0.717, 1.165) is 32.1 Å². The van der Waals surface area contributed by atoms with Gasteiger partial charge in [0.2, 0.25) is 11.8 Å². The zero-order valence-electron chi connectivity index (χ0n) is 21.7. The van der Waals surface area contributed by atoms with Gasteiger partial charge in [0.25, 0.3) is 5.91 Å². The summed E-state index contributed by atoms with van der Waals surface area (Å²) in [4.78, 5) is 36.9. The second-order valence-electron chi connectivity index (χ2n) is 11.0. The van der Waals surface area contributed by atoms with Gasteiger partial charge in [-0.25, -0.2) is 9.36 Å². The zero-order valence-corrected chi connectivity index (χ0v) is 21.7. The van der Waals surface area contributed by atoms with Crippen LogP contribution in [-0.2, 0) is 9.59 Å². The lowest BCUT2D eigenvalue weighted by molar-refractivity contribution is -0.124. The Morgan fingerprint density at radius 3 is 2.56 bits per heavy atom. The van der Waals surface area contributed by atoms with Gasteiger partial charge in [-0.2, -0.15) is 10.2 Å². The average molecular weight is 496 g/mol. The van der Waals surface area contributed by atoms with Gasteiger partial charge in [0.15, 0.2) is 5.82 Å². The van der Waals surface area contributed by atoms with Crippen molar-refractivity contribution in [3.8, 4) is 5.82 Å². The molecule has 2 heterocycles. The summed E-state index contributed by atoms with van der Waals surface area (Å²) in [5.41, 5.74) is -0.307. The fourth-order valence-corrected chi connectivity index (χ4v) is 5.84. The number of carbonyl (C=O) groups excluding carboxylic acids is 3. The molecule has 5 rings (SSSR count). The molecule has 1 unspecified atom stereocenters. The summed E-state index contributed by atoms with van der Waals surface area (Å²) in [7, 11) is 0. The maximum absolute atomic E-state index is 13.6. The van der Waals surface area contributed by atoms with Crippen LogP contribution >= 0.6 is 0 Å². The Balaban J connectivity index is 1.57. The minimum absolute atomic E-state index is 0.00803. The van der Waals surface area contributed by atoms with E-state index in [0.29, 0.717) is 23.2 Å². The van der Waals surface area contributed by atoms with Crippen molar-refractivity contribution in [1.82, 2.24) is 35.5 Å². The van der Waals surface area contributed by atoms with Crippen molar-refractivity contribution in [3.63, 3.8) is 0 Å². The number of nitrogens with zero attached hydrogens (tertiary/aromatic N) is 4. The van der Waals surface area contributed by atoms with Crippen LogP contribution in [0.15, 0.2) is 30.7 Å². The maximum atomic E-state index is 13.6. The predicted molar refractivity (Wildman–Crippen MR) is 136 cm³/mol. The lowest BCUT2D eigenvalue weighted by Gasteiger charge is -2.54. The average Bonchev–Trinajstić information content (AvgIpc) is 3.40. The summed E-state index contributed by atoms with van der Waals surface area (Å²) in [5.74, 6) is 0.842. The fourth-order valence-electron chi connectivity index (χ4n) is 5.84. The smallest absolute Gasteiger partial charge is 0.257 e. The van der Waals surface area contributed by atoms with E-state index in [1.807, 2.05) is 19.9 Å². The molecule has 10 heteroatoms. The molecule has 2 aromatic rings. The summed E-state index contributed by atoms with van der Waals surface area (Å²) in [6.07, 6.45) is 13.3. The number of hydrogen-bond donors (Lipinski definition) is 3. The van der Waals surface area contributed by atoms with Crippen molar-refractivity contribution < 1.29 is 14.4 Å². The van der Waals surface area contributed by atoms with Gasteiger partial charge in [0.05, 0.1) is 11.7 Å². The van der Waals surface area contributed by atoms with E-state index in [1.165, 1.54) is 6.92 Å². The number of nitrogens with one attached hydrogen (secondary N) is 3. The van der Waals surface area contributed by atoms with Gasteiger partial charge in [0.1, 0.15) is 5.56 Å². The molecular formula is C26H37N7O3. The number of fused-ring (bicyclic) bond motifs is 4. The highest BCUT2D eigenvalue weighted by Crippen LogP contribution is 2.47. The van der Waals surface area contributed by atoms with Crippen LogP contribution in [0, 0.1) is 11.8 Å². The van der Waals surface area contributed by atoms with E-state index < -0.39 is 5.54 Å². The van der Waals surface area contributed by atoms with E-state index >= 15 is 0 Å². The Hall–Kier alpha value is -3.43. The summed E-state index contributed by atoms with van der Waals surface area (Å²) in [6, 6.07) is 1.80. The molecule has 2 bridgehead atoms. The molecular weight excluding hydrogens is 458 g/mol. The number of amides is 3. The van der Waals surface area contributed by atoms with Crippen molar-refractivity contribution in [1.29, 1.82) is 0 Å². The van der Waals surface area contributed by atoms with Gasteiger partial charge in [-0.15, -0.1) is 0 Å². The zero-order chi connectivity index (χ0) is 26.1. The third kappa shape index (κ3) is 5.52. The first-order valence-corrected chi connectivity index (χ1v) is 12.6. The summed E-state index contributed by atoms with van der Waals surface area (Å²) >= 11 is 0. The SMILES string of the molecule is CC(=O)NC(C)(C)/C=C/n1ncc(C(=O)N[C@@H]2C(C)CCCC3(NC(C)=O)CC2C3)c1-n1cccn1. The molecule has 3 fully saturated rings. The Morgan fingerprint density at radius 2 is 1.92 bits per heavy atom. The molecule has 0 radical (unpaired) electrons. The van der Waals surface area contributed by atoms with Crippen LogP contribution in [0.25, 0.3) is 12.0 Å². The first-order chi connectivity index (χ1) is 17.0. The molecule has 36 heavy (non-hydrogen) atoms. The molecule has 0 saturated heterocycles. The fraction of sp³-hybridized carbons (Fsp3) is 0.577. The predicted octanol–water partition coefficient (Wildman–Crippen LogP) is 2.66. The number of aromatic nitrogens is 4. The molecule has 3 aliphatic carbocycles. The number of hydrogen-bond acceptors (Lipinski definition) is 5.